The van der Waals surface area contributed by atoms with Gasteiger partial charge < -0.3 is 24.9 Å². The third-order valence-electron chi connectivity index (χ3n) is 5.62. The molecule has 0 fully saturated rings. The smallest absolute Gasteiger partial charge is 0.328 e. The van der Waals surface area contributed by atoms with E-state index in [0.717, 1.165) is 5.57 Å². The van der Waals surface area contributed by atoms with E-state index < -0.39 is 30.1 Å². The van der Waals surface area contributed by atoms with Gasteiger partial charge >= 0.3 is 5.97 Å². The van der Waals surface area contributed by atoms with Crippen molar-refractivity contribution < 1.29 is 28.6 Å². The molecule has 192 valence electrons. The highest BCUT2D eigenvalue weighted by atomic mass is 16.5. The minimum absolute atomic E-state index is 0.0127. The number of aliphatic hydroxyl groups is 1. The molecular weight excluding hydrogens is 450 g/mol. The number of ether oxygens (including phenoxy) is 1. The first-order valence-electron chi connectivity index (χ1n) is 12.0. The number of hydrogen-bond donors (Lipinski definition) is 3. The quantitative estimate of drug-likeness (QED) is 0.519. The van der Waals surface area contributed by atoms with Gasteiger partial charge in [-0.15, -0.1) is 0 Å². The van der Waals surface area contributed by atoms with E-state index in [4.69, 9.17) is 9.15 Å². The van der Waals surface area contributed by atoms with Crippen molar-refractivity contribution in [2.24, 2.45) is 11.8 Å². The molecule has 9 nitrogen and oxygen atoms in total. The maximum atomic E-state index is 12.7. The van der Waals surface area contributed by atoms with Crippen LogP contribution in [0.5, 0.6) is 0 Å². The largest absolute Gasteiger partial charge is 0.460 e. The van der Waals surface area contributed by atoms with Gasteiger partial charge in [-0.05, 0) is 38.7 Å². The molecule has 4 atom stereocenters. The van der Waals surface area contributed by atoms with Crippen LogP contribution in [0, 0.1) is 11.8 Å². The predicted molar refractivity (Wildman–Crippen MR) is 131 cm³/mol. The maximum Gasteiger partial charge on any atom is 0.328 e. The van der Waals surface area contributed by atoms with E-state index in [9.17, 15) is 19.5 Å². The number of nitrogens with one attached hydrogen (secondary N) is 2. The Morgan fingerprint density at radius 1 is 1.17 bits per heavy atom. The molecule has 0 radical (unpaired) electrons. The van der Waals surface area contributed by atoms with Crippen LogP contribution in [0.2, 0.25) is 0 Å². The van der Waals surface area contributed by atoms with Crippen molar-refractivity contribution in [1.82, 2.24) is 15.6 Å². The van der Waals surface area contributed by atoms with Crippen molar-refractivity contribution in [3.63, 3.8) is 0 Å². The molecule has 2 amide bonds. The molecule has 1 aliphatic rings. The van der Waals surface area contributed by atoms with Crippen LogP contribution in [0.1, 0.15) is 63.8 Å². The number of cyclic esters (lactones) is 1. The lowest BCUT2D eigenvalue weighted by molar-refractivity contribution is -0.155. The normalized spacial score (nSPS) is 29.3. The van der Waals surface area contributed by atoms with Crippen LogP contribution in [0.15, 0.2) is 46.6 Å². The van der Waals surface area contributed by atoms with Crippen LogP contribution in [0.3, 0.4) is 0 Å². The van der Waals surface area contributed by atoms with Gasteiger partial charge in [-0.3, -0.25) is 9.59 Å². The molecule has 0 saturated carbocycles. The minimum atomic E-state index is -0.919. The van der Waals surface area contributed by atoms with Crippen LogP contribution in [-0.4, -0.2) is 52.7 Å². The fourth-order valence-electron chi connectivity index (χ4n) is 3.61. The number of nitrogens with zero attached hydrogens (tertiary/aromatic N) is 1. The van der Waals surface area contributed by atoms with Crippen molar-refractivity contribution in [2.45, 2.75) is 72.1 Å². The topological polar surface area (TPSA) is 131 Å². The molecule has 0 saturated heterocycles. The van der Waals surface area contributed by atoms with E-state index in [1.807, 2.05) is 45.9 Å². The summed E-state index contributed by atoms with van der Waals surface area (Å²) in [5.41, 5.74) is 1.04. The van der Waals surface area contributed by atoms with Gasteiger partial charge in [0.2, 0.25) is 5.91 Å². The molecule has 2 rings (SSSR count). The molecule has 3 N–H and O–H groups in total. The van der Waals surface area contributed by atoms with E-state index in [2.05, 4.69) is 15.6 Å². The zero-order valence-electron chi connectivity index (χ0n) is 21.1. The standard InChI is InChI=1S/C26H37N3O6/c1-16(2)24-18(4)11-12-22(31)27-13-7-9-17(3)8-6-10-20(30)14-23-29-21(15-34-23)25(32)28-19(5)26(33)35-24/h7-9,11-12,15-16,18-20,24,30H,6,10,13-14H2,1-5H3,(H,27,31)(H,28,32)/b9-7-,12-11-,17-8-. The molecule has 2 bridgehead atoms. The van der Waals surface area contributed by atoms with E-state index in [1.54, 1.807) is 6.08 Å². The number of aliphatic hydroxyl groups excluding tert-OH is 1. The van der Waals surface area contributed by atoms with Crippen molar-refractivity contribution in [1.29, 1.82) is 0 Å². The first kappa shape index (κ1) is 28.0. The van der Waals surface area contributed by atoms with Crippen LogP contribution in [0.4, 0.5) is 0 Å². The molecule has 35 heavy (non-hydrogen) atoms. The zero-order valence-corrected chi connectivity index (χ0v) is 21.1. The Labute approximate surface area is 206 Å². The summed E-state index contributed by atoms with van der Waals surface area (Å²) in [5, 5.41) is 15.6. The number of allylic oxidation sites excluding steroid dienone is 3. The number of carbonyl (C=O) groups excluding carboxylic acids is 3. The van der Waals surface area contributed by atoms with E-state index >= 15 is 0 Å². The van der Waals surface area contributed by atoms with Gasteiger partial charge in [0.15, 0.2) is 11.6 Å². The number of esters is 1. The van der Waals surface area contributed by atoms with Gasteiger partial charge in [0, 0.05) is 12.5 Å². The molecule has 4 unspecified atom stereocenters. The van der Waals surface area contributed by atoms with Gasteiger partial charge in [-0.2, -0.15) is 0 Å². The fraction of sp³-hybridized carbons (Fsp3) is 0.538. The average Bonchev–Trinajstić information content (AvgIpc) is 3.26. The Kier molecular flexibility index (Phi) is 10.9. The second kappa shape index (κ2) is 13.6. The molecule has 1 aromatic rings. The van der Waals surface area contributed by atoms with Gasteiger partial charge in [0.25, 0.3) is 5.91 Å². The predicted octanol–water partition coefficient (Wildman–Crippen LogP) is 2.87. The Morgan fingerprint density at radius 3 is 2.63 bits per heavy atom. The van der Waals surface area contributed by atoms with Crippen LogP contribution in [0.25, 0.3) is 0 Å². The number of amides is 2. The average molecular weight is 488 g/mol. The van der Waals surface area contributed by atoms with E-state index in [-0.39, 0.29) is 35.7 Å². The molecule has 2 heterocycles. The van der Waals surface area contributed by atoms with Gasteiger partial charge in [-0.1, -0.05) is 50.6 Å². The molecule has 0 spiro atoms. The minimum Gasteiger partial charge on any atom is -0.460 e. The third-order valence-corrected chi connectivity index (χ3v) is 5.62. The summed E-state index contributed by atoms with van der Waals surface area (Å²) in [6, 6.07) is -0.919. The second-order valence-corrected chi connectivity index (χ2v) is 9.22. The van der Waals surface area contributed by atoms with Crippen LogP contribution >= 0.6 is 0 Å². The molecule has 1 aromatic heterocycles. The summed E-state index contributed by atoms with van der Waals surface area (Å²) in [6.07, 6.45) is 10.3. The Morgan fingerprint density at radius 2 is 1.91 bits per heavy atom. The third kappa shape index (κ3) is 9.52. The van der Waals surface area contributed by atoms with Crippen LogP contribution in [-0.2, 0) is 20.7 Å². The molecule has 0 aromatic carbocycles. The van der Waals surface area contributed by atoms with Crippen molar-refractivity contribution in [3.8, 4) is 0 Å². The number of rotatable bonds is 1. The summed E-state index contributed by atoms with van der Waals surface area (Å²) in [5.74, 6) is -1.40. The van der Waals surface area contributed by atoms with Crippen molar-refractivity contribution >= 4 is 17.8 Å². The molecule has 1 aliphatic heterocycles. The number of hydrogen-bond acceptors (Lipinski definition) is 7. The number of fused-ring (bicyclic) bond motifs is 2. The summed E-state index contributed by atoms with van der Waals surface area (Å²) in [4.78, 5) is 41.5. The van der Waals surface area contributed by atoms with Crippen molar-refractivity contribution in [2.75, 3.05) is 6.54 Å². The highest BCUT2D eigenvalue weighted by Crippen LogP contribution is 2.19. The molecule has 9 heteroatoms. The van der Waals surface area contributed by atoms with Gasteiger partial charge in [0.05, 0.1) is 12.5 Å². The van der Waals surface area contributed by atoms with Gasteiger partial charge in [-0.25, -0.2) is 9.78 Å². The summed E-state index contributed by atoms with van der Waals surface area (Å²) >= 11 is 0. The van der Waals surface area contributed by atoms with Crippen LogP contribution < -0.4 is 10.6 Å². The molecule has 0 aliphatic carbocycles. The lowest BCUT2D eigenvalue weighted by atomic mass is 9.94. The zero-order chi connectivity index (χ0) is 26.0. The Hall–Kier alpha value is -3.20. The van der Waals surface area contributed by atoms with E-state index in [1.165, 1.54) is 19.3 Å². The summed E-state index contributed by atoms with van der Waals surface area (Å²) in [6.45, 7) is 9.56. The molecular formula is C26H37N3O6. The Bertz CT molecular complexity index is 962. The lowest BCUT2D eigenvalue weighted by Crippen LogP contribution is -2.42. The van der Waals surface area contributed by atoms with E-state index in [0.29, 0.717) is 19.4 Å². The highest BCUT2D eigenvalue weighted by molar-refractivity contribution is 5.94. The lowest BCUT2D eigenvalue weighted by Gasteiger charge is -2.27. The first-order valence-corrected chi connectivity index (χ1v) is 12.0. The monoisotopic (exact) mass is 487 g/mol. The number of oxazole rings is 1. The second-order valence-electron chi connectivity index (χ2n) is 9.22. The van der Waals surface area contributed by atoms with Gasteiger partial charge in [0.1, 0.15) is 18.4 Å². The fourth-order valence-corrected chi connectivity index (χ4v) is 3.61. The summed E-state index contributed by atoms with van der Waals surface area (Å²) < 4.78 is 11.0. The first-order chi connectivity index (χ1) is 16.6. The van der Waals surface area contributed by atoms with Crippen molar-refractivity contribution in [3.05, 3.63) is 53.8 Å². The maximum absolute atomic E-state index is 12.7. The SMILES string of the molecule is CC1=C/CCC(O)Cc2nc(co2)C(=O)NC(C)C(=O)OC(C(C)C)C(C)/C=C\C(=O)NC/C=C\1. The number of carbonyl (C=O) groups is 3. The summed E-state index contributed by atoms with van der Waals surface area (Å²) in [7, 11) is 0. The Balaban J connectivity index is 2.20. The number of aromatic nitrogens is 1. The highest BCUT2D eigenvalue weighted by Gasteiger charge is 2.27.